The molecule has 1 atom stereocenters. The normalized spacial score (nSPS) is 15.6. The fraction of sp³-hybridized carbons (Fsp3) is 0.304. The van der Waals surface area contributed by atoms with E-state index in [-0.39, 0.29) is 36.6 Å². The maximum atomic E-state index is 12.5. The predicted molar refractivity (Wildman–Crippen MR) is 117 cm³/mol. The van der Waals surface area contributed by atoms with Crippen molar-refractivity contribution in [2.24, 2.45) is 0 Å². The number of amides is 2. The molecule has 1 N–H and O–H groups in total. The van der Waals surface area contributed by atoms with Crippen LogP contribution in [0.3, 0.4) is 0 Å². The maximum absolute atomic E-state index is 12.5. The summed E-state index contributed by atoms with van der Waals surface area (Å²) in [6.07, 6.45) is 0.420. The van der Waals surface area contributed by atoms with E-state index in [0.717, 1.165) is 22.7 Å². The molecule has 2 amide bonds. The van der Waals surface area contributed by atoms with E-state index in [1.807, 2.05) is 43.3 Å². The van der Waals surface area contributed by atoms with Crippen molar-refractivity contribution in [2.45, 2.75) is 25.7 Å². The van der Waals surface area contributed by atoms with E-state index in [1.54, 1.807) is 24.1 Å². The minimum atomic E-state index is -0.274. The fourth-order valence-corrected chi connectivity index (χ4v) is 3.55. The highest BCUT2D eigenvalue weighted by atomic mass is 16.5. The zero-order valence-corrected chi connectivity index (χ0v) is 17.9. The van der Waals surface area contributed by atoms with Gasteiger partial charge in [-0.15, -0.1) is 5.10 Å². The Morgan fingerprint density at radius 3 is 2.53 bits per heavy atom. The SMILES string of the molecule is CCOc1ccc(N2C[C@@H](c3nnc(NC(=O)Cc4ccc(OC)cc4)o3)CC2=O)cc1. The molecule has 32 heavy (non-hydrogen) atoms. The molecule has 1 saturated heterocycles. The average molecular weight is 436 g/mol. The van der Waals surface area contributed by atoms with Gasteiger partial charge in [-0.2, -0.15) is 0 Å². The number of nitrogens with zero attached hydrogens (tertiary/aromatic N) is 3. The van der Waals surface area contributed by atoms with Crippen LogP contribution < -0.4 is 19.7 Å². The molecule has 0 spiro atoms. The van der Waals surface area contributed by atoms with Crippen LogP contribution in [0.15, 0.2) is 52.9 Å². The Labute approximate surface area is 185 Å². The summed E-state index contributed by atoms with van der Waals surface area (Å²) in [6, 6.07) is 14.6. The van der Waals surface area contributed by atoms with Gasteiger partial charge in [0, 0.05) is 18.7 Å². The van der Waals surface area contributed by atoms with Gasteiger partial charge in [-0.3, -0.25) is 14.9 Å². The highest BCUT2D eigenvalue weighted by Gasteiger charge is 2.35. The van der Waals surface area contributed by atoms with E-state index in [1.165, 1.54) is 0 Å². The second kappa shape index (κ2) is 9.51. The molecule has 4 rings (SSSR count). The van der Waals surface area contributed by atoms with Crippen molar-refractivity contribution in [3.05, 3.63) is 60.0 Å². The molecule has 9 nitrogen and oxygen atoms in total. The van der Waals surface area contributed by atoms with Gasteiger partial charge in [0.1, 0.15) is 11.5 Å². The number of nitrogens with one attached hydrogen (secondary N) is 1. The molecule has 0 bridgehead atoms. The quantitative estimate of drug-likeness (QED) is 0.578. The van der Waals surface area contributed by atoms with E-state index in [4.69, 9.17) is 13.9 Å². The Balaban J connectivity index is 1.35. The van der Waals surface area contributed by atoms with Gasteiger partial charge in [0.15, 0.2) is 0 Å². The van der Waals surface area contributed by atoms with Crippen molar-refractivity contribution in [3.63, 3.8) is 0 Å². The van der Waals surface area contributed by atoms with Crippen LogP contribution in [0.5, 0.6) is 11.5 Å². The van der Waals surface area contributed by atoms with E-state index >= 15 is 0 Å². The second-order valence-electron chi connectivity index (χ2n) is 7.35. The van der Waals surface area contributed by atoms with Gasteiger partial charge in [0.05, 0.1) is 26.1 Å². The molecule has 1 aliphatic rings. The summed E-state index contributed by atoms with van der Waals surface area (Å²) in [4.78, 5) is 26.5. The summed E-state index contributed by atoms with van der Waals surface area (Å²) >= 11 is 0. The third kappa shape index (κ3) is 4.88. The summed E-state index contributed by atoms with van der Waals surface area (Å²) < 4.78 is 16.2. The molecule has 3 aromatic rings. The number of methoxy groups -OCH3 is 1. The number of carbonyl (C=O) groups excluding carboxylic acids is 2. The van der Waals surface area contributed by atoms with Crippen molar-refractivity contribution < 1.29 is 23.5 Å². The van der Waals surface area contributed by atoms with Crippen LogP contribution in [-0.2, 0) is 16.0 Å². The molecule has 0 saturated carbocycles. The van der Waals surface area contributed by atoms with E-state index in [0.29, 0.717) is 19.0 Å². The summed E-state index contributed by atoms with van der Waals surface area (Å²) in [6.45, 7) is 2.93. The molecular weight excluding hydrogens is 412 g/mol. The number of anilines is 2. The van der Waals surface area contributed by atoms with Crippen LogP contribution in [-0.4, -0.2) is 42.3 Å². The van der Waals surface area contributed by atoms with Gasteiger partial charge in [0.2, 0.25) is 17.7 Å². The van der Waals surface area contributed by atoms with Crippen LogP contribution in [0.25, 0.3) is 0 Å². The smallest absolute Gasteiger partial charge is 0.322 e. The first-order valence-electron chi connectivity index (χ1n) is 10.3. The molecule has 2 aromatic carbocycles. The molecule has 1 aromatic heterocycles. The highest BCUT2D eigenvalue weighted by Crippen LogP contribution is 2.32. The number of aromatic nitrogens is 2. The minimum absolute atomic E-state index is 0.0190. The first-order valence-corrected chi connectivity index (χ1v) is 10.3. The fourth-order valence-electron chi connectivity index (χ4n) is 3.55. The van der Waals surface area contributed by atoms with Crippen LogP contribution >= 0.6 is 0 Å². The van der Waals surface area contributed by atoms with E-state index in [9.17, 15) is 9.59 Å². The van der Waals surface area contributed by atoms with E-state index in [2.05, 4.69) is 15.5 Å². The Morgan fingerprint density at radius 1 is 1.12 bits per heavy atom. The maximum Gasteiger partial charge on any atom is 0.322 e. The number of ether oxygens (including phenoxy) is 2. The predicted octanol–water partition coefficient (Wildman–Crippen LogP) is 3.18. The van der Waals surface area contributed by atoms with Gasteiger partial charge in [0.25, 0.3) is 0 Å². The van der Waals surface area contributed by atoms with Crippen molar-refractivity contribution in [3.8, 4) is 11.5 Å². The second-order valence-corrected chi connectivity index (χ2v) is 7.35. The lowest BCUT2D eigenvalue weighted by molar-refractivity contribution is -0.117. The van der Waals surface area contributed by atoms with Crippen LogP contribution in [0.1, 0.15) is 30.7 Å². The first-order chi connectivity index (χ1) is 15.6. The Bertz CT molecular complexity index is 1080. The number of hydrogen-bond donors (Lipinski definition) is 1. The zero-order chi connectivity index (χ0) is 22.5. The number of carbonyl (C=O) groups is 2. The summed E-state index contributed by atoms with van der Waals surface area (Å²) in [5.74, 6) is 1.26. The van der Waals surface area contributed by atoms with Gasteiger partial charge in [-0.05, 0) is 48.9 Å². The summed E-state index contributed by atoms with van der Waals surface area (Å²) in [7, 11) is 1.59. The average Bonchev–Trinajstić information content (AvgIpc) is 3.41. The molecule has 1 aliphatic heterocycles. The lowest BCUT2D eigenvalue weighted by atomic mass is 10.1. The lowest BCUT2D eigenvalue weighted by Crippen LogP contribution is -2.24. The first kappa shape index (κ1) is 21.4. The molecule has 2 heterocycles. The topological polar surface area (TPSA) is 107 Å². The molecule has 166 valence electrons. The van der Waals surface area contributed by atoms with E-state index < -0.39 is 0 Å². The third-order valence-corrected chi connectivity index (χ3v) is 5.14. The monoisotopic (exact) mass is 436 g/mol. The summed E-state index contributed by atoms with van der Waals surface area (Å²) in [5.41, 5.74) is 1.61. The molecular formula is C23H24N4O5. The molecule has 9 heteroatoms. The summed E-state index contributed by atoms with van der Waals surface area (Å²) in [5, 5.41) is 10.6. The standard InChI is InChI=1S/C23H24N4O5/c1-3-31-19-10-6-17(7-11-19)27-14-16(13-21(27)29)22-25-26-23(32-22)24-20(28)12-15-4-8-18(30-2)9-5-15/h4-11,16H,3,12-14H2,1-2H3,(H,24,26,28)/t16-/m0/s1. The van der Waals surface area contributed by atoms with Crippen LogP contribution in [0.2, 0.25) is 0 Å². The molecule has 0 unspecified atom stereocenters. The van der Waals surface area contributed by atoms with Gasteiger partial charge in [-0.1, -0.05) is 17.2 Å². The Hall–Kier alpha value is -3.88. The lowest BCUT2D eigenvalue weighted by Gasteiger charge is -2.16. The molecule has 0 aliphatic carbocycles. The number of benzene rings is 2. The third-order valence-electron chi connectivity index (χ3n) is 5.14. The number of rotatable bonds is 8. The van der Waals surface area contributed by atoms with Gasteiger partial charge < -0.3 is 18.8 Å². The zero-order valence-electron chi connectivity index (χ0n) is 17.9. The van der Waals surface area contributed by atoms with Crippen molar-refractivity contribution in [2.75, 3.05) is 30.5 Å². The Morgan fingerprint density at radius 2 is 1.84 bits per heavy atom. The van der Waals surface area contributed by atoms with Crippen LogP contribution in [0, 0.1) is 0 Å². The van der Waals surface area contributed by atoms with Crippen molar-refractivity contribution in [1.29, 1.82) is 0 Å². The largest absolute Gasteiger partial charge is 0.497 e. The van der Waals surface area contributed by atoms with Crippen molar-refractivity contribution >= 4 is 23.5 Å². The van der Waals surface area contributed by atoms with Gasteiger partial charge >= 0.3 is 6.01 Å². The van der Waals surface area contributed by atoms with Crippen molar-refractivity contribution in [1.82, 2.24) is 10.2 Å². The Kier molecular flexibility index (Phi) is 6.34. The molecule has 0 radical (unpaired) electrons. The van der Waals surface area contributed by atoms with Gasteiger partial charge in [-0.25, -0.2) is 0 Å². The minimum Gasteiger partial charge on any atom is -0.497 e. The van der Waals surface area contributed by atoms with Crippen LogP contribution in [0.4, 0.5) is 11.7 Å². The molecule has 1 fully saturated rings. The number of hydrogen-bond acceptors (Lipinski definition) is 7. The highest BCUT2D eigenvalue weighted by molar-refractivity contribution is 5.96.